The van der Waals surface area contributed by atoms with Gasteiger partial charge in [-0.1, -0.05) is 13.8 Å². The Morgan fingerprint density at radius 2 is 1.90 bits per heavy atom. The highest BCUT2D eigenvalue weighted by atomic mass is 32.1. The second kappa shape index (κ2) is 4.52. The maximum Gasteiger partial charge on any atom is 0.178 e. The van der Waals surface area contributed by atoms with Crippen LogP contribution in [0.2, 0.25) is 0 Å². The van der Waals surface area contributed by atoms with Gasteiger partial charge >= 0.3 is 0 Å². The van der Waals surface area contributed by atoms with Gasteiger partial charge in [0.25, 0.3) is 0 Å². The number of methoxy groups -OCH3 is 2. The van der Waals surface area contributed by atoms with E-state index in [1.165, 1.54) is 6.42 Å². The lowest BCUT2D eigenvalue weighted by Gasteiger charge is -2.10. The Hall–Kier alpha value is -1.49. The molecule has 0 bridgehead atoms. The van der Waals surface area contributed by atoms with Crippen LogP contribution in [0.1, 0.15) is 20.3 Å². The van der Waals surface area contributed by atoms with Gasteiger partial charge in [-0.05, 0) is 30.0 Å². The molecule has 108 valence electrons. The minimum Gasteiger partial charge on any atom is -0.493 e. The van der Waals surface area contributed by atoms with E-state index in [4.69, 9.17) is 21.7 Å². The van der Waals surface area contributed by atoms with E-state index in [9.17, 15) is 0 Å². The lowest BCUT2D eigenvalue weighted by Crippen LogP contribution is -2.04. The molecule has 1 atom stereocenters. The third-order valence-electron chi connectivity index (χ3n) is 4.40. The molecule has 0 radical (unpaired) electrons. The van der Waals surface area contributed by atoms with Crippen LogP contribution in [-0.4, -0.2) is 23.8 Å². The van der Waals surface area contributed by atoms with Crippen LogP contribution in [0.4, 0.5) is 0 Å². The van der Waals surface area contributed by atoms with Crippen LogP contribution in [0.3, 0.4) is 0 Å². The Morgan fingerprint density at radius 1 is 1.30 bits per heavy atom. The summed E-state index contributed by atoms with van der Waals surface area (Å²) < 4.78 is 13.7. The fourth-order valence-corrected chi connectivity index (χ4v) is 3.06. The standard InChI is InChI=1S/C15H20N2O2S/c1-15(2)7-9(15)8-17-11-6-13(19-4)12(18-3)5-10(11)16-14(17)20/h5-6,9H,7-8H2,1-4H3,(H,16,20). The van der Waals surface area contributed by atoms with Crippen molar-refractivity contribution in [1.82, 2.24) is 9.55 Å². The van der Waals surface area contributed by atoms with Gasteiger partial charge in [-0.3, -0.25) is 0 Å². The van der Waals surface area contributed by atoms with E-state index in [1.54, 1.807) is 14.2 Å². The van der Waals surface area contributed by atoms with Gasteiger partial charge in [0, 0.05) is 18.7 Å². The van der Waals surface area contributed by atoms with Crippen molar-refractivity contribution < 1.29 is 9.47 Å². The minimum absolute atomic E-state index is 0.439. The number of ether oxygens (including phenoxy) is 2. The maximum atomic E-state index is 5.46. The second-order valence-electron chi connectivity index (χ2n) is 6.15. The number of rotatable bonds is 4. The number of H-pyrrole nitrogens is 1. The number of aromatic amines is 1. The summed E-state index contributed by atoms with van der Waals surface area (Å²) in [6, 6.07) is 3.94. The van der Waals surface area contributed by atoms with Crippen LogP contribution < -0.4 is 9.47 Å². The lowest BCUT2D eigenvalue weighted by molar-refractivity contribution is 0.355. The van der Waals surface area contributed by atoms with Gasteiger partial charge in [0.05, 0.1) is 25.3 Å². The summed E-state index contributed by atoms with van der Waals surface area (Å²) in [5.74, 6) is 2.15. The summed E-state index contributed by atoms with van der Waals surface area (Å²) in [4.78, 5) is 3.26. The number of nitrogens with zero attached hydrogens (tertiary/aromatic N) is 1. The summed E-state index contributed by atoms with van der Waals surface area (Å²) in [5, 5.41) is 0. The summed E-state index contributed by atoms with van der Waals surface area (Å²) in [6.07, 6.45) is 1.26. The fraction of sp³-hybridized carbons (Fsp3) is 0.533. The van der Waals surface area contributed by atoms with Gasteiger partial charge in [-0.2, -0.15) is 0 Å². The second-order valence-corrected chi connectivity index (χ2v) is 6.54. The molecule has 4 nitrogen and oxygen atoms in total. The molecule has 1 N–H and O–H groups in total. The average Bonchev–Trinajstić information content (AvgIpc) is 2.90. The Bertz CT molecular complexity index is 714. The zero-order chi connectivity index (χ0) is 14.5. The van der Waals surface area contributed by atoms with E-state index in [2.05, 4.69) is 23.4 Å². The van der Waals surface area contributed by atoms with Crippen LogP contribution >= 0.6 is 12.2 Å². The number of fused-ring (bicyclic) bond motifs is 1. The molecule has 0 aliphatic heterocycles. The summed E-state index contributed by atoms with van der Waals surface area (Å²) in [5.41, 5.74) is 2.51. The van der Waals surface area contributed by atoms with Crippen molar-refractivity contribution in [2.45, 2.75) is 26.8 Å². The van der Waals surface area contributed by atoms with E-state index in [0.717, 1.165) is 33.8 Å². The molecule has 0 spiro atoms. The first-order valence-electron chi connectivity index (χ1n) is 6.81. The third kappa shape index (κ3) is 2.10. The quantitative estimate of drug-likeness (QED) is 0.872. The van der Waals surface area contributed by atoms with Crippen molar-refractivity contribution in [3.05, 3.63) is 16.9 Å². The van der Waals surface area contributed by atoms with E-state index in [1.807, 2.05) is 12.1 Å². The summed E-state index contributed by atoms with van der Waals surface area (Å²) in [7, 11) is 3.29. The smallest absolute Gasteiger partial charge is 0.178 e. The first-order valence-corrected chi connectivity index (χ1v) is 7.21. The van der Waals surface area contributed by atoms with Crippen molar-refractivity contribution in [2.24, 2.45) is 11.3 Å². The van der Waals surface area contributed by atoms with Crippen molar-refractivity contribution in [2.75, 3.05) is 14.2 Å². The van der Waals surface area contributed by atoms with Crippen LogP contribution in [0.25, 0.3) is 11.0 Å². The van der Waals surface area contributed by atoms with Gasteiger partial charge in [-0.25, -0.2) is 0 Å². The summed E-state index contributed by atoms with van der Waals surface area (Å²) >= 11 is 5.46. The SMILES string of the molecule is COc1cc2[nH]c(=S)n(CC3CC3(C)C)c2cc1OC. The number of aromatic nitrogens is 2. The predicted molar refractivity (Wildman–Crippen MR) is 82.1 cm³/mol. The molecular weight excluding hydrogens is 272 g/mol. The van der Waals surface area contributed by atoms with Crippen LogP contribution in [0.15, 0.2) is 12.1 Å². The van der Waals surface area contributed by atoms with Gasteiger partial charge in [-0.15, -0.1) is 0 Å². The summed E-state index contributed by atoms with van der Waals surface area (Å²) in [6.45, 7) is 5.57. The average molecular weight is 292 g/mol. The number of nitrogens with one attached hydrogen (secondary N) is 1. The van der Waals surface area contributed by atoms with Gasteiger partial charge in [0.2, 0.25) is 0 Å². The minimum atomic E-state index is 0.439. The maximum absolute atomic E-state index is 5.46. The molecule has 1 aromatic heterocycles. The molecule has 1 fully saturated rings. The monoisotopic (exact) mass is 292 g/mol. The van der Waals surface area contributed by atoms with E-state index < -0.39 is 0 Å². The van der Waals surface area contributed by atoms with E-state index >= 15 is 0 Å². The molecule has 0 amide bonds. The normalized spacial score (nSPS) is 20.1. The third-order valence-corrected chi connectivity index (χ3v) is 4.72. The van der Waals surface area contributed by atoms with Gasteiger partial charge < -0.3 is 19.0 Å². The largest absolute Gasteiger partial charge is 0.493 e. The van der Waals surface area contributed by atoms with Crippen molar-refractivity contribution in [3.63, 3.8) is 0 Å². The molecule has 1 aliphatic carbocycles. The zero-order valence-corrected chi connectivity index (χ0v) is 13.1. The predicted octanol–water partition coefficient (Wildman–Crippen LogP) is 3.76. The molecule has 1 unspecified atom stereocenters. The number of imidazole rings is 1. The molecule has 1 saturated carbocycles. The highest BCUT2D eigenvalue weighted by Gasteiger charge is 2.45. The van der Waals surface area contributed by atoms with Crippen LogP contribution in [0, 0.1) is 16.1 Å². The Labute approximate surface area is 123 Å². The molecule has 20 heavy (non-hydrogen) atoms. The Balaban J connectivity index is 2.08. The van der Waals surface area contributed by atoms with Crippen molar-refractivity contribution in [1.29, 1.82) is 0 Å². The Morgan fingerprint density at radius 3 is 2.45 bits per heavy atom. The number of hydrogen-bond acceptors (Lipinski definition) is 3. The molecule has 5 heteroatoms. The molecule has 1 aromatic carbocycles. The molecule has 3 rings (SSSR count). The highest BCUT2D eigenvalue weighted by Crippen LogP contribution is 2.52. The zero-order valence-electron chi connectivity index (χ0n) is 12.3. The lowest BCUT2D eigenvalue weighted by atomic mass is 10.1. The number of benzene rings is 1. The van der Waals surface area contributed by atoms with Crippen molar-refractivity contribution in [3.8, 4) is 11.5 Å². The van der Waals surface area contributed by atoms with Crippen LogP contribution in [-0.2, 0) is 6.54 Å². The fourth-order valence-electron chi connectivity index (χ4n) is 2.77. The van der Waals surface area contributed by atoms with E-state index in [0.29, 0.717) is 11.3 Å². The van der Waals surface area contributed by atoms with Crippen LogP contribution in [0.5, 0.6) is 11.5 Å². The molecule has 2 aromatic rings. The van der Waals surface area contributed by atoms with Gasteiger partial charge in [0.15, 0.2) is 16.3 Å². The topological polar surface area (TPSA) is 39.2 Å². The first kappa shape index (κ1) is 13.5. The molecular formula is C15H20N2O2S. The molecule has 1 heterocycles. The molecule has 1 aliphatic rings. The highest BCUT2D eigenvalue weighted by molar-refractivity contribution is 7.71. The Kier molecular flexibility index (Phi) is 3.05. The first-order chi connectivity index (χ1) is 9.46. The number of hydrogen-bond donors (Lipinski definition) is 1. The molecule has 0 saturated heterocycles. The van der Waals surface area contributed by atoms with Crippen molar-refractivity contribution >= 4 is 23.3 Å². The van der Waals surface area contributed by atoms with E-state index in [-0.39, 0.29) is 0 Å². The van der Waals surface area contributed by atoms with Gasteiger partial charge in [0.1, 0.15) is 0 Å².